The Hall–Kier alpha value is -2.24. The van der Waals surface area contributed by atoms with E-state index in [1.807, 2.05) is 6.07 Å². The molecular weight excluding hydrogens is 242 g/mol. The molecule has 0 aliphatic carbocycles. The summed E-state index contributed by atoms with van der Waals surface area (Å²) < 4.78 is 0. The third-order valence-corrected chi connectivity index (χ3v) is 2.74. The first-order chi connectivity index (χ1) is 9.10. The molecule has 1 amide bonds. The topological polar surface area (TPSA) is 83.6 Å². The normalized spacial score (nSPS) is 10.5. The van der Waals surface area contributed by atoms with Crippen molar-refractivity contribution in [3.05, 3.63) is 34.8 Å². The van der Waals surface area contributed by atoms with Crippen molar-refractivity contribution in [3.63, 3.8) is 0 Å². The molecule has 100 valence electrons. The highest BCUT2D eigenvalue weighted by Gasteiger charge is 2.12. The lowest BCUT2D eigenvalue weighted by atomic mass is 10.2. The summed E-state index contributed by atoms with van der Waals surface area (Å²) in [4.78, 5) is 12.1. The number of carbonyl (C=O) groups is 1. The molecule has 0 bridgehead atoms. The van der Waals surface area contributed by atoms with E-state index in [2.05, 4.69) is 32.6 Å². The summed E-state index contributed by atoms with van der Waals surface area (Å²) in [5.41, 5.74) is 2.85. The standard InChI is InChI=1S/C13H17N5O/c1-4-5-10-7-12(18-17-10)14-13(19)11-6-8(2)15-16-9(11)3/h6-7H,4-5H2,1-3H3,(H2,14,17,18,19). The van der Waals surface area contributed by atoms with Gasteiger partial charge in [0.25, 0.3) is 5.91 Å². The van der Waals surface area contributed by atoms with Gasteiger partial charge in [-0.2, -0.15) is 15.3 Å². The van der Waals surface area contributed by atoms with Crippen molar-refractivity contribution in [1.29, 1.82) is 0 Å². The number of aryl methyl sites for hydroxylation is 3. The predicted molar refractivity (Wildman–Crippen MR) is 72.0 cm³/mol. The number of hydrogen-bond donors (Lipinski definition) is 2. The molecule has 2 heterocycles. The van der Waals surface area contributed by atoms with E-state index in [0.29, 0.717) is 22.8 Å². The molecule has 0 aromatic carbocycles. The van der Waals surface area contributed by atoms with Crippen molar-refractivity contribution in [3.8, 4) is 0 Å². The van der Waals surface area contributed by atoms with Gasteiger partial charge in [-0.05, 0) is 26.3 Å². The van der Waals surface area contributed by atoms with Gasteiger partial charge < -0.3 is 5.32 Å². The second-order valence-electron chi connectivity index (χ2n) is 4.47. The Morgan fingerprint density at radius 1 is 1.32 bits per heavy atom. The summed E-state index contributed by atoms with van der Waals surface area (Å²) in [5.74, 6) is 0.312. The van der Waals surface area contributed by atoms with Crippen molar-refractivity contribution in [2.45, 2.75) is 33.6 Å². The lowest BCUT2D eigenvalue weighted by molar-refractivity contribution is 0.102. The zero-order valence-electron chi connectivity index (χ0n) is 11.3. The molecule has 2 rings (SSSR count). The number of H-pyrrole nitrogens is 1. The van der Waals surface area contributed by atoms with Crippen LogP contribution in [0.3, 0.4) is 0 Å². The molecule has 0 atom stereocenters. The van der Waals surface area contributed by atoms with Gasteiger partial charge in [-0.15, -0.1) is 0 Å². The first kappa shape index (κ1) is 13.2. The largest absolute Gasteiger partial charge is 0.305 e. The van der Waals surface area contributed by atoms with E-state index >= 15 is 0 Å². The lowest BCUT2D eigenvalue weighted by Crippen LogP contribution is -2.15. The number of amides is 1. The summed E-state index contributed by atoms with van der Waals surface area (Å²) in [6, 6.07) is 3.56. The fourth-order valence-corrected chi connectivity index (χ4v) is 1.79. The van der Waals surface area contributed by atoms with Crippen molar-refractivity contribution < 1.29 is 4.79 Å². The van der Waals surface area contributed by atoms with Crippen LogP contribution >= 0.6 is 0 Å². The minimum absolute atomic E-state index is 0.218. The monoisotopic (exact) mass is 259 g/mol. The zero-order chi connectivity index (χ0) is 13.8. The van der Waals surface area contributed by atoms with Crippen LogP contribution in [0.1, 0.15) is 40.8 Å². The molecule has 6 nitrogen and oxygen atoms in total. The van der Waals surface area contributed by atoms with Gasteiger partial charge in [-0.25, -0.2) is 0 Å². The molecule has 0 saturated heterocycles. The van der Waals surface area contributed by atoms with E-state index in [1.165, 1.54) is 0 Å². The Morgan fingerprint density at radius 2 is 2.11 bits per heavy atom. The van der Waals surface area contributed by atoms with E-state index in [9.17, 15) is 4.79 Å². The molecule has 0 spiro atoms. The highest BCUT2D eigenvalue weighted by Crippen LogP contribution is 2.11. The Bertz CT molecular complexity index is 590. The van der Waals surface area contributed by atoms with E-state index in [0.717, 1.165) is 18.5 Å². The van der Waals surface area contributed by atoms with Gasteiger partial charge >= 0.3 is 0 Å². The quantitative estimate of drug-likeness (QED) is 0.879. The molecule has 0 radical (unpaired) electrons. The van der Waals surface area contributed by atoms with Gasteiger partial charge in [0.15, 0.2) is 5.82 Å². The van der Waals surface area contributed by atoms with Crippen molar-refractivity contribution in [2.24, 2.45) is 0 Å². The third kappa shape index (κ3) is 3.15. The molecular formula is C13H17N5O. The number of anilines is 1. The number of nitrogens with one attached hydrogen (secondary N) is 2. The molecule has 6 heteroatoms. The molecule has 0 aliphatic heterocycles. The Labute approximate surface area is 111 Å². The van der Waals surface area contributed by atoms with Crippen LogP contribution in [0.5, 0.6) is 0 Å². The molecule has 0 aliphatic rings. The van der Waals surface area contributed by atoms with Crippen LogP contribution < -0.4 is 5.32 Å². The Kier molecular flexibility index (Phi) is 3.89. The van der Waals surface area contributed by atoms with Crippen molar-refractivity contribution in [2.75, 3.05) is 5.32 Å². The van der Waals surface area contributed by atoms with Gasteiger partial charge in [0.2, 0.25) is 0 Å². The number of rotatable bonds is 4. The molecule has 2 aromatic rings. The fraction of sp³-hybridized carbons (Fsp3) is 0.385. The van der Waals surface area contributed by atoms with Crippen LogP contribution in [0.2, 0.25) is 0 Å². The van der Waals surface area contributed by atoms with Crippen LogP contribution in [0.15, 0.2) is 12.1 Å². The van der Waals surface area contributed by atoms with Gasteiger partial charge in [-0.1, -0.05) is 13.3 Å². The fourth-order valence-electron chi connectivity index (χ4n) is 1.79. The average Bonchev–Trinajstić information content (AvgIpc) is 2.80. The van der Waals surface area contributed by atoms with Crippen LogP contribution in [0.4, 0.5) is 5.82 Å². The number of carbonyl (C=O) groups excluding carboxylic acids is 1. The molecule has 0 unspecified atom stereocenters. The maximum atomic E-state index is 12.1. The number of aromatic nitrogens is 4. The summed E-state index contributed by atoms with van der Waals surface area (Å²) in [6.07, 6.45) is 1.94. The second kappa shape index (κ2) is 5.60. The van der Waals surface area contributed by atoms with Gasteiger partial charge in [-0.3, -0.25) is 9.89 Å². The van der Waals surface area contributed by atoms with Gasteiger partial charge in [0, 0.05) is 11.8 Å². The van der Waals surface area contributed by atoms with E-state index in [-0.39, 0.29) is 5.91 Å². The summed E-state index contributed by atoms with van der Waals surface area (Å²) in [7, 11) is 0. The van der Waals surface area contributed by atoms with Crippen LogP contribution in [-0.4, -0.2) is 26.3 Å². The zero-order valence-corrected chi connectivity index (χ0v) is 11.3. The van der Waals surface area contributed by atoms with E-state index in [1.54, 1.807) is 19.9 Å². The summed E-state index contributed by atoms with van der Waals surface area (Å²) in [6.45, 7) is 5.65. The molecule has 0 fully saturated rings. The van der Waals surface area contributed by atoms with E-state index < -0.39 is 0 Å². The number of nitrogens with zero attached hydrogens (tertiary/aromatic N) is 3. The van der Waals surface area contributed by atoms with Crippen LogP contribution in [0.25, 0.3) is 0 Å². The molecule has 0 saturated carbocycles. The SMILES string of the molecule is CCCc1cc(NC(=O)c2cc(C)nnc2C)n[nH]1. The molecule has 19 heavy (non-hydrogen) atoms. The third-order valence-electron chi connectivity index (χ3n) is 2.74. The summed E-state index contributed by atoms with van der Waals surface area (Å²) in [5, 5.41) is 17.6. The molecule has 2 aromatic heterocycles. The van der Waals surface area contributed by atoms with Gasteiger partial charge in [0.1, 0.15) is 0 Å². The highest BCUT2D eigenvalue weighted by atomic mass is 16.1. The maximum Gasteiger partial charge on any atom is 0.258 e. The first-order valence-electron chi connectivity index (χ1n) is 6.26. The minimum Gasteiger partial charge on any atom is -0.305 e. The highest BCUT2D eigenvalue weighted by molar-refractivity contribution is 6.04. The molecule has 2 N–H and O–H groups in total. The number of hydrogen-bond acceptors (Lipinski definition) is 4. The first-order valence-corrected chi connectivity index (χ1v) is 6.26. The Balaban J connectivity index is 2.13. The van der Waals surface area contributed by atoms with Gasteiger partial charge in [0.05, 0.1) is 17.0 Å². The van der Waals surface area contributed by atoms with Crippen molar-refractivity contribution in [1.82, 2.24) is 20.4 Å². The van der Waals surface area contributed by atoms with Crippen molar-refractivity contribution >= 4 is 11.7 Å². The van der Waals surface area contributed by atoms with Crippen LogP contribution in [0, 0.1) is 13.8 Å². The minimum atomic E-state index is -0.218. The average molecular weight is 259 g/mol. The predicted octanol–water partition coefficient (Wildman–Crippen LogP) is 2.02. The van der Waals surface area contributed by atoms with Crippen LogP contribution in [-0.2, 0) is 6.42 Å². The smallest absolute Gasteiger partial charge is 0.258 e. The Morgan fingerprint density at radius 3 is 2.84 bits per heavy atom. The number of aromatic amines is 1. The second-order valence-corrected chi connectivity index (χ2v) is 4.47. The summed E-state index contributed by atoms with van der Waals surface area (Å²) >= 11 is 0. The lowest BCUT2D eigenvalue weighted by Gasteiger charge is -2.04. The van der Waals surface area contributed by atoms with E-state index in [4.69, 9.17) is 0 Å². The maximum absolute atomic E-state index is 12.1.